The second-order valence-corrected chi connectivity index (χ2v) is 8.08. The molecule has 0 aromatic carbocycles. The third kappa shape index (κ3) is 5.04. The number of hydrogen-bond donors (Lipinski definition) is 1. The first-order valence-electron chi connectivity index (χ1n) is 8.04. The molecule has 0 bridgehead atoms. The monoisotopic (exact) mass is 325 g/mol. The lowest BCUT2D eigenvalue weighted by molar-refractivity contribution is 0.323. The molecular weight excluding hydrogens is 298 g/mol. The lowest BCUT2D eigenvalue weighted by Crippen LogP contribution is -2.21. The Hall–Kier alpha value is -0.980. The number of pyridine rings is 1. The summed E-state index contributed by atoms with van der Waals surface area (Å²) in [4.78, 5) is 6.70. The fraction of sp³-hybridized carbons (Fsp3) is 0.688. The minimum Gasteiger partial charge on any atom is -0.303 e. The molecule has 124 valence electrons. The molecule has 2 atom stereocenters. The van der Waals surface area contributed by atoms with Gasteiger partial charge in [0.2, 0.25) is 10.0 Å². The molecule has 1 aliphatic heterocycles. The minimum atomic E-state index is -3.63. The van der Waals surface area contributed by atoms with Gasteiger partial charge in [0.25, 0.3) is 0 Å². The van der Waals surface area contributed by atoms with Gasteiger partial charge in [0.1, 0.15) is 4.90 Å². The predicted octanol–water partition coefficient (Wildman–Crippen LogP) is 2.17. The highest BCUT2D eigenvalue weighted by atomic mass is 32.2. The predicted molar refractivity (Wildman–Crippen MR) is 88.0 cm³/mol. The van der Waals surface area contributed by atoms with Crippen LogP contribution in [0.1, 0.15) is 44.7 Å². The number of nitrogens with zero attached hydrogens (tertiary/aromatic N) is 2. The number of rotatable bonds is 7. The fourth-order valence-corrected chi connectivity index (χ4v) is 3.63. The van der Waals surface area contributed by atoms with Gasteiger partial charge in [0.05, 0.1) is 0 Å². The maximum Gasteiger partial charge on any atom is 0.239 e. The first-order valence-corrected chi connectivity index (χ1v) is 9.59. The number of hydrogen-bond acceptors (Lipinski definition) is 4. The molecule has 2 rings (SSSR count). The van der Waals surface area contributed by atoms with Gasteiger partial charge in [-0.1, -0.05) is 12.8 Å². The van der Waals surface area contributed by atoms with Crippen molar-refractivity contribution in [1.82, 2.24) is 9.88 Å². The van der Waals surface area contributed by atoms with Gasteiger partial charge in [0.15, 0.2) is 0 Å². The molecule has 5 nitrogen and oxygen atoms in total. The quantitative estimate of drug-likeness (QED) is 0.780. The lowest BCUT2D eigenvalue weighted by atomic mass is 9.98. The third-order valence-electron chi connectivity index (χ3n) is 4.64. The van der Waals surface area contributed by atoms with Crippen LogP contribution in [0.25, 0.3) is 0 Å². The van der Waals surface area contributed by atoms with Crippen molar-refractivity contribution < 1.29 is 8.42 Å². The number of sulfonamides is 1. The van der Waals surface area contributed by atoms with E-state index in [1.54, 1.807) is 6.07 Å². The van der Waals surface area contributed by atoms with Crippen molar-refractivity contribution in [3.05, 3.63) is 24.0 Å². The Morgan fingerprint density at radius 2 is 2.09 bits per heavy atom. The van der Waals surface area contributed by atoms with Crippen LogP contribution in [0.15, 0.2) is 23.2 Å². The Kier molecular flexibility index (Phi) is 5.94. The summed E-state index contributed by atoms with van der Waals surface area (Å²) in [5, 5.41) is 5.05. The van der Waals surface area contributed by atoms with Gasteiger partial charge in [-0.15, -0.1) is 0 Å². The van der Waals surface area contributed by atoms with E-state index in [-0.39, 0.29) is 4.90 Å². The van der Waals surface area contributed by atoms with Crippen molar-refractivity contribution in [2.24, 2.45) is 11.1 Å². The van der Waals surface area contributed by atoms with Gasteiger partial charge in [-0.05, 0) is 57.7 Å². The topological polar surface area (TPSA) is 76.3 Å². The average molecular weight is 325 g/mol. The Bertz CT molecular complexity index is 562. The largest absolute Gasteiger partial charge is 0.303 e. The Morgan fingerprint density at radius 3 is 2.64 bits per heavy atom. The zero-order valence-corrected chi connectivity index (χ0v) is 14.3. The second kappa shape index (κ2) is 7.53. The Morgan fingerprint density at radius 1 is 1.32 bits per heavy atom. The van der Waals surface area contributed by atoms with Crippen molar-refractivity contribution in [2.75, 3.05) is 13.6 Å². The summed E-state index contributed by atoms with van der Waals surface area (Å²) < 4.78 is 22.3. The molecule has 2 heterocycles. The number of unbranched alkanes of at least 4 members (excludes halogenated alkanes) is 2. The maximum atomic E-state index is 11.1. The lowest BCUT2D eigenvalue weighted by Gasteiger charge is -2.12. The third-order valence-corrected chi connectivity index (χ3v) is 5.54. The first kappa shape index (κ1) is 17.4. The van der Waals surface area contributed by atoms with Crippen LogP contribution in [0.5, 0.6) is 0 Å². The number of aryl methyl sites for hydroxylation is 1. The molecule has 2 unspecified atom stereocenters. The van der Waals surface area contributed by atoms with E-state index in [0.717, 1.165) is 30.5 Å². The van der Waals surface area contributed by atoms with Crippen LogP contribution in [0.4, 0.5) is 0 Å². The van der Waals surface area contributed by atoms with Crippen molar-refractivity contribution in [1.29, 1.82) is 0 Å². The molecule has 1 aliphatic rings. The number of aromatic nitrogens is 1. The van der Waals surface area contributed by atoms with E-state index in [1.807, 2.05) is 0 Å². The summed E-state index contributed by atoms with van der Waals surface area (Å²) in [6, 6.07) is 4.02. The van der Waals surface area contributed by atoms with Crippen LogP contribution in [-0.4, -0.2) is 37.9 Å². The highest BCUT2D eigenvalue weighted by molar-refractivity contribution is 7.89. The Labute approximate surface area is 134 Å². The first-order chi connectivity index (χ1) is 10.4. The SMILES string of the molecule is CC1CC(CCCCCc2ccc(S(N)(=O)=O)cn2)CN1C. The summed E-state index contributed by atoms with van der Waals surface area (Å²) in [5.41, 5.74) is 0.932. The molecule has 0 aliphatic carbocycles. The number of likely N-dealkylation sites (tertiary alicyclic amines) is 1. The van der Waals surface area contributed by atoms with Crippen molar-refractivity contribution in [2.45, 2.75) is 56.4 Å². The van der Waals surface area contributed by atoms with Crippen LogP contribution in [0.2, 0.25) is 0 Å². The van der Waals surface area contributed by atoms with Crippen LogP contribution >= 0.6 is 0 Å². The van der Waals surface area contributed by atoms with Crippen molar-refractivity contribution >= 4 is 10.0 Å². The van der Waals surface area contributed by atoms with Gasteiger partial charge < -0.3 is 4.90 Å². The van der Waals surface area contributed by atoms with Crippen LogP contribution in [0, 0.1) is 5.92 Å². The molecule has 0 spiro atoms. The fourth-order valence-electron chi connectivity index (χ4n) is 3.18. The van der Waals surface area contributed by atoms with Gasteiger partial charge >= 0.3 is 0 Å². The van der Waals surface area contributed by atoms with Gasteiger partial charge in [-0.3, -0.25) is 4.98 Å². The van der Waals surface area contributed by atoms with Crippen molar-refractivity contribution in [3.8, 4) is 0 Å². The number of nitrogens with two attached hydrogens (primary N) is 1. The van der Waals surface area contributed by atoms with Gasteiger partial charge in [0, 0.05) is 24.5 Å². The van der Waals surface area contributed by atoms with Crippen molar-refractivity contribution in [3.63, 3.8) is 0 Å². The summed E-state index contributed by atoms with van der Waals surface area (Å²) in [5.74, 6) is 0.854. The highest BCUT2D eigenvalue weighted by Crippen LogP contribution is 2.25. The van der Waals surface area contributed by atoms with E-state index in [2.05, 4.69) is 23.9 Å². The molecule has 22 heavy (non-hydrogen) atoms. The number of primary sulfonamides is 1. The molecule has 2 N–H and O–H groups in total. The van der Waals surface area contributed by atoms with Gasteiger partial charge in [-0.25, -0.2) is 13.6 Å². The van der Waals surface area contributed by atoms with Gasteiger partial charge in [-0.2, -0.15) is 0 Å². The standard InChI is InChI=1S/C16H27N3O2S/c1-13-10-14(12-19(13)2)6-4-3-5-7-15-8-9-16(11-18-15)22(17,20)21/h8-9,11,13-14H,3-7,10,12H2,1-2H3,(H2,17,20,21). The normalized spacial score (nSPS) is 23.0. The summed E-state index contributed by atoms with van der Waals surface area (Å²) in [6.45, 7) is 3.54. The molecular formula is C16H27N3O2S. The zero-order chi connectivity index (χ0) is 16.2. The molecule has 1 aromatic rings. The molecule has 1 fully saturated rings. The maximum absolute atomic E-state index is 11.1. The molecule has 6 heteroatoms. The van der Waals surface area contributed by atoms with Crippen LogP contribution in [-0.2, 0) is 16.4 Å². The van der Waals surface area contributed by atoms with E-state index in [9.17, 15) is 8.42 Å². The molecule has 0 amide bonds. The Balaban J connectivity index is 1.65. The van der Waals surface area contributed by atoms with E-state index in [4.69, 9.17) is 5.14 Å². The molecule has 0 saturated carbocycles. The molecule has 0 radical (unpaired) electrons. The minimum absolute atomic E-state index is 0.0794. The van der Waals surface area contributed by atoms with Crippen LogP contribution in [0.3, 0.4) is 0 Å². The summed E-state index contributed by atoms with van der Waals surface area (Å²) in [6.07, 6.45) is 8.44. The van der Waals surface area contributed by atoms with E-state index in [1.165, 1.54) is 44.5 Å². The van der Waals surface area contributed by atoms with E-state index >= 15 is 0 Å². The average Bonchev–Trinajstić information content (AvgIpc) is 2.77. The smallest absolute Gasteiger partial charge is 0.239 e. The van der Waals surface area contributed by atoms with E-state index < -0.39 is 10.0 Å². The highest BCUT2D eigenvalue weighted by Gasteiger charge is 2.25. The summed E-state index contributed by atoms with van der Waals surface area (Å²) in [7, 11) is -1.42. The van der Waals surface area contributed by atoms with E-state index in [0.29, 0.717) is 0 Å². The zero-order valence-electron chi connectivity index (χ0n) is 13.5. The second-order valence-electron chi connectivity index (χ2n) is 6.52. The summed E-state index contributed by atoms with van der Waals surface area (Å²) >= 11 is 0. The van der Waals surface area contributed by atoms with Crippen LogP contribution < -0.4 is 5.14 Å². The molecule has 1 aromatic heterocycles. The molecule has 1 saturated heterocycles.